The van der Waals surface area contributed by atoms with Crippen molar-refractivity contribution in [1.82, 2.24) is 0 Å². The van der Waals surface area contributed by atoms with Crippen LogP contribution in [0.2, 0.25) is 0 Å². The summed E-state index contributed by atoms with van der Waals surface area (Å²) in [7, 11) is 0. The van der Waals surface area contributed by atoms with E-state index in [1.54, 1.807) is 0 Å². The number of hydrogen-bond acceptors (Lipinski definition) is 2. The Bertz CT molecular complexity index is 339. The summed E-state index contributed by atoms with van der Waals surface area (Å²) >= 11 is 0. The fraction of sp³-hybridized carbons (Fsp3) is 0.947. The van der Waals surface area contributed by atoms with Crippen LogP contribution in [0.15, 0.2) is 0 Å². The number of carbonyl (C=O) groups is 1. The third kappa shape index (κ3) is 4.23. The molecule has 2 nitrogen and oxygen atoms in total. The third-order valence-electron chi connectivity index (χ3n) is 5.52. The van der Waals surface area contributed by atoms with Gasteiger partial charge in [0.2, 0.25) is 0 Å². The monoisotopic (exact) mass is 294 g/mol. The molecular weight excluding hydrogens is 260 g/mol. The smallest absolute Gasteiger partial charge is 0.309 e. The summed E-state index contributed by atoms with van der Waals surface area (Å²) < 4.78 is 5.95. The van der Waals surface area contributed by atoms with E-state index in [0.29, 0.717) is 5.92 Å². The molecule has 3 rings (SSSR count). The van der Waals surface area contributed by atoms with Gasteiger partial charge in [0, 0.05) is 0 Å². The first kappa shape index (κ1) is 16.8. The first-order valence-corrected chi connectivity index (χ1v) is 9.18. The summed E-state index contributed by atoms with van der Waals surface area (Å²) in [5, 5.41) is 0. The Kier molecular flexibility index (Phi) is 5.73. The Balaban J connectivity index is 0.000000361. The molecule has 0 amide bonds. The van der Waals surface area contributed by atoms with E-state index in [4.69, 9.17) is 4.74 Å². The van der Waals surface area contributed by atoms with E-state index in [2.05, 4.69) is 27.7 Å². The molecule has 3 aliphatic carbocycles. The van der Waals surface area contributed by atoms with Gasteiger partial charge in [-0.3, -0.25) is 4.79 Å². The van der Waals surface area contributed by atoms with Crippen molar-refractivity contribution in [1.29, 1.82) is 0 Å². The van der Waals surface area contributed by atoms with E-state index >= 15 is 0 Å². The van der Waals surface area contributed by atoms with E-state index in [-0.39, 0.29) is 17.5 Å². The molecule has 0 aromatic heterocycles. The van der Waals surface area contributed by atoms with Crippen LogP contribution < -0.4 is 0 Å². The summed E-state index contributed by atoms with van der Waals surface area (Å²) in [6, 6.07) is 0. The van der Waals surface area contributed by atoms with Crippen molar-refractivity contribution < 1.29 is 9.53 Å². The summed E-state index contributed by atoms with van der Waals surface area (Å²) in [4.78, 5) is 12.3. The van der Waals surface area contributed by atoms with E-state index in [0.717, 1.165) is 37.5 Å². The molecule has 0 spiro atoms. The maximum atomic E-state index is 12.3. The minimum atomic E-state index is -0.0844. The minimum Gasteiger partial charge on any atom is -0.459 e. The largest absolute Gasteiger partial charge is 0.459 e. The molecule has 0 radical (unpaired) electrons. The predicted molar refractivity (Wildman–Crippen MR) is 87.0 cm³/mol. The number of esters is 1. The second-order valence-electron chi connectivity index (χ2n) is 8.18. The Morgan fingerprint density at radius 3 is 2.19 bits per heavy atom. The van der Waals surface area contributed by atoms with Crippen LogP contribution in [-0.2, 0) is 9.53 Å². The van der Waals surface area contributed by atoms with Crippen molar-refractivity contribution in [3.8, 4) is 0 Å². The first-order chi connectivity index (χ1) is 9.96. The average Bonchev–Trinajstić information content (AvgIpc) is 3.14. The van der Waals surface area contributed by atoms with Gasteiger partial charge in [0.05, 0.1) is 5.92 Å². The number of ether oxygens (including phenoxy) is 1. The van der Waals surface area contributed by atoms with Crippen molar-refractivity contribution >= 4 is 5.97 Å². The summed E-state index contributed by atoms with van der Waals surface area (Å²) in [6.45, 7) is 8.67. The Hall–Kier alpha value is -0.530. The standard InChI is InChI=1S/C15H24O2.C4H10/c1-2-15(7-3-4-8-15)17-14(16)13-10-11-5-6-12(13)9-11;1-4(2)3/h11-13H,2-10H2,1H3;4H,1-3H3. The second-order valence-corrected chi connectivity index (χ2v) is 8.18. The molecule has 3 aliphatic rings. The number of hydrogen-bond donors (Lipinski definition) is 0. The highest BCUT2D eigenvalue weighted by atomic mass is 16.6. The maximum Gasteiger partial charge on any atom is 0.309 e. The van der Waals surface area contributed by atoms with E-state index in [9.17, 15) is 4.79 Å². The highest BCUT2D eigenvalue weighted by molar-refractivity contribution is 5.74. The van der Waals surface area contributed by atoms with Crippen molar-refractivity contribution in [3.05, 3.63) is 0 Å². The summed E-state index contributed by atoms with van der Waals surface area (Å²) in [5.74, 6) is 2.71. The molecule has 0 aliphatic heterocycles. The van der Waals surface area contributed by atoms with Gasteiger partial charge < -0.3 is 4.74 Å². The molecule has 3 saturated carbocycles. The van der Waals surface area contributed by atoms with Crippen LogP contribution in [0.5, 0.6) is 0 Å². The van der Waals surface area contributed by atoms with Crippen LogP contribution >= 0.6 is 0 Å². The first-order valence-electron chi connectivity index (χ1n) is 9.18. The quantitative estimate of drug-likeness (QED) is 0.656. The third-order valence-corrected chi connectivity index (χ3v) is 5.52. The van der Waals surface area contributed by atoms with Gasteiger partial charge in [0.25, 0.3) is 0 Å². The molecule has 0 saturated heterocycles. The lowest BCUT2D eigenvalue weighted by Gasteiger charge is -2.31. The zero-order valence-corrected chi connectivity index (χ0v) is 14.5. The molecular formula is C19H34O2. The normalized spacial score (nSPS) is 32.9. The van der Waals surface area contributed by atoms with Crippen LogP contribution in [-0.4, -0.2) is 11.6 Å². The zero-order chi connectivity index (χ0) is 15.5. The lowest BCUT2D eigenvalue weighted by atomic mass is 9.88. The second kappa shape index (κ2) is 7.15. The van der Waals surface area contributed by atoms with Gasteiger partial charge in [0.15, 0.2) is 0 Å². The van der Waals surface area contributed by atoms with E-state index in [1.165, 1.54) is 32.1 Å². The van der Waals surface area contributed by atoms with Gasteiger partial charge >= 0.3 is 5.97 Å². The maximum absolute atomic E-state index is 12.3. The van der Waals surface area contributed by atoms with Gasteiger partial charge in [-0.15, -0.1) is 0 Å². The predicted octanol–water partition coefficient (Wildman–Crippen LogP) is 5.35. The van der Waals surface area contributed by atoms with Crippen LogP contribution in [0.4, 0.5) is 0 Å². The van der Waals surface area contributed by atoms with Crippen LogP contribution in [0.25, 0.3) is 0 Å². The van der Waals surface area contributed by atoms with Crippen molar-refractivity contribution in [2.24, 2.45) is 23.7 Å². The topological polar surface area (TPSA) is 26.3 Å². The van der Waals surface area contributed by atoms with Gasteiger partial charge in [-0.05, 0) is 69.1 Å². The molecule has 0 aromatic rings. The number of rotatable bonds is 3. The molecule has 21 heavy (non-hydrogen) atoms. The molecule has 122 valence electrons. The minimum absolute atomic E-state index is 0.0844. The number of carbonyl (C=O) groups excluding carboxylic acids is 1. The van der Waals surface area contributed by atoms with Gasteiger partial charge in [-0.1, -0.05) is 34.1 Å². The summed E-state index contributed by atoms with van der Waals surface area (Å²) in [5.41, 5.74) is -0.0844. The molecule has 0 heterocycles. The Morgan fingerprint density at radius 1 is 1.14 bits per heavy atom. The van der Waals surface area contributed by atoms with Gasteiger partial charge in [0.1, 0.15) is 5.60 Å². The Morgan fingerprint density at radius 2 is 1.76 bits per heavy atom. The highest BCUT2D eigenvalue weighted by Crippen LogP contribution is 2.49. The highest BCUT2D eigenvalue weighted by Gasteiger charge is 2.46. The fourth-order valence-corrected chi connectivity index (χ4v) is 4.37. The SMILES string of the molecule is CC(C)C.CCC1(OC(=O)C2CC3CCC2C3)CCCC1. The van der Waals surface area contributed by atoms with Crippen LogP contribution in [0, 0.1) is 23.7 Å². The van der Waals surface area contributed by atoms with Gasteiger partial charge in [-0.2, -0.15) is 0 Å². The van der Waals surface area contributed by atoms with Crippen LogP contribution in [0.3, 0.4) is 0 Å². The molecule has 3 atom stereocenters. The molecule has 0 aromatic carbocycles. The molecule has 3 fully saturated rings. The van der Waals surface area contributed by atoms with E-state index < -0.39 is 0 Å². The lowest BCUT2D eigenvalue weighted by molar-refractivity contribution is -0.166. The van der Waals surface area contributed by atoms with Gasteiger partial charge in [-0.25, -0.2) is 0 Å². The van der Waals surface area contributed by atoms with Crippen molar-refractivity contribution in [2.75, 3.05) is 0 Å². The van der Waals surface area contributed by atoms with Crippen molar-refractivity contribution in [2.45, 2.75) is 91.1 Å². The van der Waals surface area contributed by atoms with Crippen molar-refractivity contribution in [3.63, 3.8) is 0 Å². The molecule has 3 unspecified atom stereocenters. The fourth-order valence-electron chi connectivity index (χ4n) is 4.37. The zero-order valence-electron chi connectivity index (χ0n) is 14.5. The van der Waals surface area contributed by atoms with E-state index in [1.807, 2.05) is 0 Å². The molecule has 2 bridgehead atoms. The molecule has 0 N–H and O–H groups in total. The van der Waals surface area contributed by atoms with Crippen LogP contribution in [0.1, 0.15) is 85.5 Å². The average molecular weight is 294 g/mol. The lowest BCUT2D eigenvalue weighted by Crippen LogP contribution is -2.35. The number of fused-ring (bicyclic) bond motifs is 2. The summed E-state index contributed by atoms with van der Waals surface area (Å²) in [6.07, 6.45) is 10.7. The molecule has 2 heteroatoms. The Labute approximate surface area is 131 Å².